The first kappa shape index (κ1) is 14.4. The molecule has 1 aromatic rings. The summed E-state index contributed by atoms with van der Waals surface area (Å²) in [6.45, 7) is 3.34. The van der Waals surface area contributed by atoms with Gasteiger partial charge in [0.25, 0.3) is 0 Å². The molecule has 0 bridgehead atoms. The number of aryl methyl sites for hydroxylation is 1. The van der Waals surface area contributed by atoms with Crippen LogP contribution in [-0.2, 0) is 4.79 Å². The SMILES string of the molecule is Cc1cnc(C(C)NC(=O)NC[C@H](O)C(=O)O)s1. The number of amides is 2. The second kappa shape index (κ2) is 6.31. The zero-order valence-corrected chi connectivity index (χ0v) is 10.8. The van der Waals surface area contributed by atoms with Gasteiger partial charge in [-0.2, -0.15) is 0 Å². The lowest BCUT2D eigenvalue weighted by atomic mass is 10.3. The Balaban J connectivity index is 2.38. The average Bonchev–Trinajstić information content (AvgIpc) is 2.72. The molecule has 100 valence electrons. The van der Waals surface area contributed by atoms with E-state index in [1.54, 1.807) is 13.1 Å². The molecule has 7 nitrogen and oxygen atoms in total. The van der Waals surface area contributed by atoms with Crippen LogP contribution in [0.5, 0.6) is 0 Å². The van der Waals surface area contributed by atoms with Crippen molar-refractivity contribution in [2.45, 2.75) is 26.0 Å². The Labute approximate surface area is 108 Å². The molecule has 0 saturated carbocycles. The second-order valence-electron chi connectivity index (χ2n) is 3.74. The largest absolute Gasteiger partial charge is 0.479 e. The molecule has 18 heavy (non-hydrogen) atoms. The van der Waals surface area contributed by atoms with Crippen molar-refractivity contribution in [2.75, 3.05) is 6.54 Å². The standard InChI is InChI=1S/C10H15N3O4S/c1-5-3-11-8(18-5)6(2)13-10(17)12-4-7(14)9(15)16/h3,6-7,14H,4H2,1-2H3,(H,15,16)(H2,12,13,17)/t6?,7-/m0/s1. The average molecular weight is 273 g/mol. The third-order valence-electron chi connectivity index (χ3n) is 2.10. The Bertz CT molecular complexity index is 435. The molecule has 0 fully saturated rings. The number of nitrogens with one attached hydrogen (secondary N) is 2. The monoisotopic (exact) mass is 273 g/mol. The number of carboxylic acid groups (broad SMARTS) is 1. The third-order valence-corrected chi connectivity index (χ3v) is 3.19. The molecule has 1 aromatic heterocycles. The molecule has 0 radical (unpaired) electrons. The molecule has 4 N–H and O–H groups in total. The van der Waals surface area contributed by atoms with Crippen molar-refractivity contribution >= 4 is 23.3 Å². The number of carbonyl (C=O) groups excluding carboxylic acids is 1. The second-order valence-corrected chi connectivity index (χ2v) is 5.01. The third kappa shape index (κ3) is 4.30. The topological polar surface area (TPSA) is 112 Å². The summed E-state index contributed by atoms with van der Waals surface area (Å²) in [5.41, 5.74) is 0. The molecule has 1 rings (SSSR count). The highest BCUT2D eigenvalue weighted by molar-refractivity contribution is 7.11. The fourth-order valence-corrected chi connectivity index (χ4v) is 1.93. The number of hydrogen-bond acceptors (Lipinski definition) is 5. The van der Waals surface area contributed by atoms with Gasteiger partial charge in [-0.1, -0.05) is 0 Å². The van der Waals surface area contributed by atoms with Crippen molar-refractivity contribution in [3.63, 3.8) is 0 Å². The van der Waals surface area contributed by atoms with Gasteiger partial charge in [-0.3, -0.25) is 0 Å². The summed E-state index contributed by atoms with van der Waals surface area (Å²) in [5, 5.41) is 23.0. The predicted octanol–water partition coefficient (Wildman–Crippen LogP) is 0.257. The van der Waals surface area contributed by atoms with Gasteiger partial charge in [0.05, 0.1) is 12.6 Å². The fourth-order valence-electron chi connectivity index (χ4n) is 1.16. The summed E-state index contributed by atoms with van der Waals surface area (Å²) in [4.78, 5) is 26.9. The van der Waals surface area contributed by atoms with Gasteiger partial charge in [-0.05, 0) is 13.8 Å². The highest BCUT2D eigenvalue weighted by Crippen LogP contribution is 2.18. The summed E-state index contributed by atoms with van der Waals surface area (Å²) in [7, 11) is 0. The van der Waals surface area contributed by atoms with E-state index in [2.05, 4.69) is 15.6 Å². The molecule has 2 amide bonds. The van der Waals surface area contributed by atoms with Crippen LogP contribution >= 0.6 is 11.3 Å². The van der Waals surface area contributed by atoms with Gasteiger partial charge in [0, 0.05) is 11.1 Å². The first-order chi connectivity index (χ1) is 8.40. The molecule has 2 atom stereocenters. The Kier molecular flexibility index (Phi) is 5.05. The zero-order chi connectivity index (χ0) is 13.7. The van der Waals surface area contributed by atoms with E-state index in [0.717, 1.165) is 9.88 Å². The highest BCUT2D eigenvalue weighted by atomic mass is 32.1. The zero-order valence-electron chi connectivity index (χ0n) is 10.0. The van der Waals surface area contributed by atoms with Crippen molar-refractivity contribution in [3.05, 3.63) is 16.1 Å². The fraction of sp³-hybridized carbons (Fsp3) is 0.500. The van der Waals surface area contributed by atoms with Crippen LogP contribution in [0.2, 0.25) is 0 Å². The molecule has 0 aliphatic carbocycles. The minimum absolute atomic E-state index is 0.273. The quantitative estimate of drug-likeness (QED) is 0.615. The van der Waals surface area contributed by atoms with Gasteiger partial charge in [0.15, 0.2) is 6.10 Å². The number of nitrogens with zero attached hydrogens (tertiary/aromatic N) is 1. The lowest BCUT2D eigenvalue weighted by Crippen LogP contribution is -2.42. The summed E-state index contributed by atoms with van der Waals surface area (Å²) in [6.07, 6.45) is 0.109. The molecule has 1 heterocycles. The summed E-state index contributed by atoms with van der Waals surface area (Å²) < 4.78 is 0. The Morgan fingerprint density at radius 2 is 2.22 bits per heavy atom. The molecule has 0 aliphatic rings. The summed E-state index contributed by atoms with van der Waals surface area (Å²) >= 11 is 1.47. The van der Waals surface area contributed by atoms with Crippen LogP contribution in [-0.4, -0.2) is 39.8 Å². The van der Waals surface area contributed by atoms with E-state index >= 15 is 0 Å². The van der Waals surface area contributed by atoms with E-state index < -0.39 is 18.1 Å². The molecule has 8 heteroatoms. The molecule has 0 spiro atoms. The van der Waals surface area contributed by atoms with Crippen LogP contribution in [0, 0.1) is 6.92 Å². The first-order valence-electron chi connectivity index (χ1n) is 5.27. The number of carbonyl (C=O) groups is 2. The van der Waals surface area contributed by atoms with E-state index in [-0.39, 0.29) is 12.6 Å². The smallest absolute Gasteiger partial charge is 0.334 e. The lowest BCUT2D eigenvalue weighted by Gasteiger charge is -2.13. The normalized spacial score (nSPS) is 13.7. The van der Waals surface area contributed by atoms with E-state index in [1.807, 2.05) is 6.92 Å². The Hall–Kier alpha value is -1.67. The van der Waals surface area contributed by atoms with Crippen LogP contribution in [0.15, 0.2) is 6.20 Å². The van der Waals surface area contributed by atoms with Gasteiger partial charge in [0.2, 0.25) is 0 Å². The summed E-state index contributed by atoms with van der Waals surface area (Å²) in [5.74, 6) is -1.38. The van der Waals surface area contributed by atoms with Crippen LogP contribution in [0.1, 0.15) is 22.9 Å². The van der Waals surface area contributed by atoms with Crippen LogP contribution in [0.3, 0.4) is 0 Å². The van der Waals surface area contributed by atoms with Crippen LogP contribution in [0.4, 0.5) is 4.79 Å². The van der Waals surface area contributed by atoms with Gasteiger partial charge in [-0.15, -0.1) is 11.3 Å². The van der Waals surface area contributed by atoms with Crippen molar-refractivity contribution in [2.24, 2.45) is 0 Å². The number of hydrogen-bond donors (Lipinski definition) is 4. The first-order valence-corrected chi connectivity index (χ1v) is 6.09. The minimum atomic E-state index is -1.60. The summed E-state index contributed by atoms with van der Waals surface area (Å²) in [6, 6.07) is -0.818. The number of aliphatic hydroxyl groups is 1. The van der Waals surface area contributed by atoms with Gasteiger partial charge < -0.3 is 20.8 Å². The number of aliphatic hydroxyl groups excluding tert-OH is 1. The number of aromatic nitrogens is 1. The van der Waals surface area contributed by atoms with E-state index in [1.165, 1.54) is 11.3 Å². The van der Waals surface area contributed by atoms with Gasteiger partial charge >= 0.3 is 12.0 Å². The number of thiazole rings is 1. The van der Waals surface area contributed by atoms with Crippen molar-refractivity contribution in [1.82, 2.24) is 15.6 Å². The number of aliphatic carboxylic acids is 1. The number of urea groups is 1. The predicted molar refractivity (Wildman–Crippen MR) is 65.4 cm³/mol. The molecule has 0 aliphatic heterocycles. The van der Waals surface area contributed by atoms with E-state index in [0.29, 0.717) is 0 Å². The maximum atomic E-state index is 11.4. The number of carboxylic acids is 1. The van der Waals surface area contributed by atoms with Crippen LogP contribution in [0.25, 0.3) is 0 Å². The van der Waals surface area contributed by atoms with Gasteiger partial charge in [0.1, 0.15) is 5.01 Å². The number of rotatable bonds is 5. The van der Waals surface area contributed by atoms with Gasteiger partial charge in [-0.25, -0.2) is 14.6 Å². The molecule has 0 aromatic carbocycles. The Morgan fingerprint density at radius 1 is 1.56 bits per heavy atom. The maximum Gasteiger partial charge on any atom is 0.334 e. The van der Waals surface area contributed by atoms with Crippen LogP contribution < -0.4 is 10.6 Å². The molecule has 0 saturated heterocycles. The van der Waals surface area contributed by atoms with E-state index in [9.17, 15) is 9.59 Å². The molecule has 1 unspecified atom stereocenters. The van der Waals surface area contributed by atoms with Crippen molar-refractivity contribution in [3.8, 4) is 0 Å². The molecular weight excluding hydrogens is 258 g/mol. The van der Waals surface area contributed by atoms with Crippen molar-refractivity contribution in [1.29, 1.82) is 0 Å². The highest BCUT2D eigenvalue weighted by Gasteiger charge is 2.16. The van der Waals surface area contributed by atoms with E-state index in [4.69, 9.17) is 10.2 Å². The Morgan fingerprint density at radius 3 is 2.72 bits per heavy atom. The molecular formula is C10H15N3O4S. The lowest BCUT2D eigenvalue weighted by molar-refractivity contribution is -0.146. The maximum absolute atomic E-state index is 11.4. The minimum Gasteiger partial charge on any atom is -0.479 e. The van der Waals surface area contributed by atoms with Crippen molar-refractivity contribution < 1.29 is 19.8 Å².